The summed E-state index contributed by atoms with van der Waals surface area (Å²) in [4.78, 5) is 14.2. The van der Waals surface area contributed by atoms with Crippen molar-refractivity contribution in [3.05, 3.63) is 34.3 Å². The number of unbranched alkanes of at least 4 members (excludes halogenated alkanes) is 1. The van der Waals surface area contributed by atoms with E-state index < -0.39 is 0 Å². The van der Waals surface area contributed by atoms with Gasteiger partial charge in [0, 0.05) is 22.9 Å². The third-order valence-electron chi connectivity index (χ3n) is 2.73. The number of hydrogen-bond donors (Lipinski definition) is 0. The van der Waals surface area contributed by atoms with Crippen LogP contribution in [-0.2, 0) is 11.2 Å². The second-order valence-corrected chi connectivity index (χ2v) is 5.94. The second-order valence-electron chi connectivity index (χ2n) is 4.23. The predicted molar refractivity (Wildman–Crippen MR) is 83.1 cm³/mol. The lowest BCUT2D eigenvalue weighted by atomic mass is 10.1. The molecule has 1 amide bonds. The monoisotopic (exact) mass is 375 g/mol. The fourth-order valence-electron chi connectivity index (χ4n) is 1.75. The van der Waals surface area contributed by atoms with E-state index in [2.05, 4.69) is 38.8 Å². The predicted octanol–water partition coefficient (Wildman–Crippen LogP) is 4.02. The van der Waals surface area contributed by atoms with Crippen LogP contribution in [0.3, 0.4) is 0 Å². The van der Waals surface area contributed by atoms with Crippen molar-refractivity contribution >= 4 is 37.8 Å². The van der Waals surface area contributed by atoms with Gasteiger partial charge in [0.05, 0.1) is 6.42 Å². The number of amides is 1. The fourth-order valence-corrected chi connectivity index (χ4v) is 2.62. The summed E-state index contributed by atoms with van der Waals surface area (Å²) in [7, 11) is 0. The Morgan fingerprint density at radius 2 is 2.11 bits per heavy atom. The smallest absolute Gasteiger partial charge is 0.227 e. The van der Waals surface area contributed by atoms with Crippen molar-refractivity contribution in [3.8, 4) is 0 Å². The molecule has 1 rings (SSSR count). The van der Waals surface area contributed by atoms with E-state index >= 15 is 0 Å². The first-order valence-electron chi connectivity index (χ1n) is 6.25. The van der Waals surface area contributed by atoms with Crippen LogP contribution in [0, 0.1) is 0 Å². The maximum atomic E-state index is 12.2. The summed E-state index contributed by atoms with van der Waals surface area (Å²) in [5.41, 5.74) is 1.06. The number of rotatable bonds is 7. The minimum Gasteiger partial charge on any atom is -0.342 e. The van der Waals surface area contributed by atoms with Crippen LogP contribution < -0.4 is 0 Å². The van der Waals surface area contributed by atoms with E-state index in [1.54, 1.807) is 0 Å². The number of halogens is 2. The Bertz CT molecular complexity index is 382. The maximum absolute atomic E-state index is 12.2. The van der Waals surface area contributed by atoms with Crippen molar-refractivity contribution in [3.63, 3.8) is 0 Å². The van der Waals surface area contributed by atoms with Crippen molar-refractivity contribution in [1.82, 2.24) is 4.90 Å². The molecular formula is C14H19Br2NO. The number of carbonyl (C=O) groups is 1. The molecule has 2 nitrogen and oxygen atoms in total. The molecule has 0 bridgehead atoms. The average molecular weight is 377 g/mol. The summed E-state index contributed by atoms with van der Waals surface area (Å²) in [5.74, 6) is 0.209. The van der Waals surface area contributed by atoms with Gasteiger partial charge in [-0.05, 0) is 24.1 Å². The first-order valence-corrected chi connectivity index (χ1v) is 8.17. The molecule has 0 saturated carbocycles. The van der Waals surface area contributed by atoms with Gasteiger partial charge in [0.15, 0.2) is 0 Å². The van der Waals surface area contributed by atoms with Gasteiger partial charge in [-0.1, -0.05) is 57.3 Å². The Hall–Kier alpha value is -0.350. The molecule has 0 saturated heterocycles. The third kappa shape index (κ3) is 5.53. The van der Waals surface area contributed by atoms with Gasteiger partial charge in [-0.2, -0.15) is 0 Å². The van der Waals surface area contributed by atoms with Crippen LogP contribution in [0.1, 0.15) is 25.3 Å². The lowest BCUT2D eigenvalue weighted by Crippen LogP contribution is -2.34. The summed E-state index contributed by atoms with van der Waals surface area (Å²) in [6.07, 6.45) is 2.66. The summed E-state index contributed by atoms with van der Waals surface area (Å²) in [5, 5.41) is 0.834. The number of alkyl halides is 1. The van der Waals surface area contributed by atoms with Crippen LogP contribution in [0.25, 0.3) is 0 Å². The molecule has 0 fully saturated rings. The molecule has 1 aromatic rings. The Morgan fingerprint density at radius 1 is 1.33 bits per heavy atom. The highest BCUT2D eigenvalue weighted by atomic mass is 79.9. The van der Waals surface area contributed by atoms with Crippen LogP contribution in [0.5, 0.6) is 0 Å². The van der Waals surface area contributed by atoms with E-state index in [-0.39, 0.29) is 5.91 Å². The Kier molecular flexibility index (Phi) is 7.59. The number of carbonyl (C=O) groups excluding carboxylic acids is 1. The Balaban J connectivity index is 2.60. The topological polar surface area (TPSA) is 20.3 Å². The van der Waals surface area contributed by atoms with Gasteiger partial charge >= 0.3 is 0 Å². The van der Waals surface area contributed by atoms with Gasteiger partial charge in [0.2, 0.25) is 5.91 Å². The summed E-state index contributed by atoms with van der Waals surface area (Å²) in [6, 6.07) is 7.94. The minimum atomic E-state index is 0.209. The molecule has 0 heterocycles. The SMILES string of the molecule is CCCCN(CCBr)C(=O)Cc1cccc(Br)c1. The lowest BCUT2D eigenvalue weighted by Gasteiger charge is -2.21. The lowest BCUT2D eigenvalue weighted by molar-refractivity contribution is -0.130. The van der Waals surface area contributed by atoms with Gasteiger partial charge < -0.3 is 4.90 Å². The van der Waals surface area contributed by atoms with Crippen molar-refractivity contribution in [2.45, 2.75) is 26.2 Å². The number of hydrogen-bond acceptors (Lipinski definition) is 1. The average Bonchev–Trinajstić information content (AvgIpc) is 2.34. The fraction of sp³-hybridized carbons (Fsp3) is 0.500. The summed E-state index contributed by atoms with van der Waals surface area (Å²) >= 11 is 6.84. The molecule has 0 aliphatic carbocycles. The third-order valence-corrected chi connectivity index (χ3v) is 3.58. The van der Waals surface area contributed by atoms with Crippen LogP contribution in [0.2, 0.25) is 0 Å². The van der Waals surface area contributed by atoms with Crippen molar-refractivity contribution in [2.75, 3.05) is 18.4 Å². The second kappa shape index (κ2) is 8.70. The largest absolute Gasteiger partial charge is 0.342 e. The summed E-state index contributed by atoms with van der Waals surface area (Å²) < 4.78 is 1.02. The van der Waals surface area contributed by atoms with Gasteiger partial charge in [-0.3, -0.25) is 4.79 Å². The van der Waals surface area contributed by atoms with Crippen LogP contribution >= 0.6 is 31.9 Å². The normalized spacial score (nSPS) is 10.4. The van der Waals surface area contributed by atoms with Gasteiger partial charge in [-0.25, -0.2) is 0 Å². The first-order chi connectivity index (χ1) is 8.67. The molecule has 4 heteroatoms. The van der Waals surface area contributed by atoms with E-state index in [1.165, 1.54) is 0 Å². The van der Waals surface area contributed by atoms with E-state index in [4.69, 9.17) is 0 Å². The van der Waals surface area contributed by atoms with Gasteiger partial charge in [0.1, 0.15) is 0 Å². The molecule has 0 spiro atoms. The van der Waals surface area contributed by atoms with Crippen LogP contribution in [0.15, 0.2) is 28.7 Å². The zero-order chi connectivity index (χ0) is 13.4. The number of nitrogens with zero attached hydrogens (tertiary/aromatic N) is 1. The van der Waals surface area contributed by atoms with Crippen molar-refractivity contribution < 1.29 is 4.79 Å². The zero-order valence-electron chi connectivity index (χ0n) is 10.7. The number of benzene rings is 1. The highest BCUT2D eigenvalue weighted by Gasteiger charge is 2.12. The molecule has 0 unspecified atom stereocenters. The van der Waals surface area contributed by atoms with Gasteiger partial charge in [-0.15, -0.1) is 0 Å². The molecule has 0 aliphatic heterocycles. The minimum absolute atomic E-state index is 0.209. The molecule has 0 atom stereocenters. The highest BCUT2D eigenvalue weighted by Crippen LogP contribution is 2.13. The molecule has 18 heavy (non-hydrogen) atoms. The quantitative estimate of drug-likeness (QED) is 0.658. The maximum Gasteiger partial charge on any atom is 0.227 e. The van der Waals surface area contributed by atoms with Crippen LogP contribution in [0.4, 0.5) is 0 Å². The Labute approximate surface area is 126 Å². The van der Waals surface area contributed by atoms with E-state index in [9.17, 15) is 4.79 Å². The first kappa shape index (κ1) is 15.7. The standard InChI is InChI=1S/C14H19Br2NO/c1-2-3-8-17(9-7-15)14(18)11-12-5-4-6-13(16)10-12/h4-6,10H,2-3,7-9,11H2,1H3. The molecule has 1 aromatic carbocycles. The van der Waals surface area contributed by atoms with E-state index in [0.29, 0.717) is 6.42 Å². The van der Waals surface area contributed by atoms with Crippen molar-refractivity contribution in [2.24, 2.45) is 0 Å². The molecular weight excluding hydrogens is 358 g/mol. The zero-order valence-corrected chi connectivity index (χ0v) is 13.8. The molecule has 0 aliphatic rings. The molecule has 0 N–H and O–H groups in total. The highest BCUT2D eigenvalue weighted by molar-refractivity contribution is 9.10. The molecule has 100 valence electrons. The van der Waals surface area contributed by atoms with Crippen molar-refractivity contribution in [1.29, 1.82) is 0 Å². The van der Waals surface area contributed by atoms with Gasteiger partial charge in [0.25, 0.3) is 0 Å². The molecule has 0 aromatic heterocycles. The molecule has 0 radical (unpaired) electrons. The van der Waals surface area contributed by atoms with Crippen LogP contribution in [-0.4, -0.2) is 29.2 Å². The summed E-state index contributed by atoms with van der Waals surface area (Å²) in [6.45, 7) is 3.78. The Morgan fingerprint density at radius 3 is 2.72 bits per heavy atom. The van der Waals surface area contributed by atoms with E-state index in [0.717, 1.165) is 41.3 Å². The van der Waals surface area contributed by atoms with E-state index in [1.807, 2.05) is 29.2 Å².